The Balaban J connectivity index is 1.81. The van der Waals surface area contributed by atoms with E-state index in [2.05, 4.69) is 0 Å². The second-order valence-electron chi connectivity index (χ2n) is 6.26. The number of carbonyl (C=O) groups excluding carboxylic acids is 1. The highest BCUT2D eigenvalue weighted by molar-refractivity contribution is 7.91. The highest BCUT2D eigenvalue weighted by atomic mass is 32.2. The summed E-state index contributed by atoms with van der Waals surface area (Å²) in [6.07, 6.45) is 2.32. The number of nitrogens with zero attached hydrogens (tertiary/aromatic N) is 1. The maximum Gasteiger partial charge on any atom is 0.227 e. The standard InChI is InChI=1S/C18H21NO4S/c1-14-5-2-3-6-15(14)11-18(20)19(12-17-7-4-9-23-17)16-8-10-24(21,22)13-16/h2-7,9,16H,8,10-13H2,1H3/t16-/m1/s1. The van der Waals surface area contributed by atoms with E-state index in [1.807, 2.05) is 31.2 Å². The summed E-state index contributed by atoms with van der Waals surface area (Å²) in [5.41, 5.74) is 2.02. The molecule has 2 aromatic rings. The van der Waals surface area contributed by atoms with Crippen LogP contribution in [0.5, 0.6) is 0 Å². The summed E-state index contributed by atoms with van der Waals surface area (Å²) in [5.74, 6) is 0.775. The molecule has 3 rings (SSSR count). The van der Waals surface area contributed by atoms with E-state index in [9.17, 15) is 13.2 Å². The minimum atomic E-state index is -3.06. The van der Waals surface area contributed by atoms with E-state index in [0.29, 0.717) is 18.7 Å². The molecular formula is C18H21NO4S. The van der Waals surface area contributed by atoms with Crippen LogP contribution in [0.15, 0.2) is 47.1 Å². The number of aryl methyl sites for hydroxylation is 1. The predicted molar refractivity (Wildman–Crippen MR) is 91.2 cm³/mol. The Morgan fingerprint density at radius 2 is 2.04 bits per heavy atom. The maximum atomic E-state index is 12.9. The van der Waals surface area contributed by atoms with Crippen molar-refractivity contribution in [3.8, 4) is 0 Å². The van der Waals surface area contributed by atoms with Crippen LogP contribution in [0.4, 0.5) is 0 Å². The fourth-order valence-electron chi connectivity index (χ4n) is 3.09. The third-order valence-electron chi connectivity index (χ3n) is 4.48. The number of rotatable bonds is 5. The van der Waals surface area contributed by atoms with Gasteiger partial charge in [-0.2, -0.15) is 0 Å². The van der Waals surface area contributed by atoms with E-state index < -0.39 is 9.84 Å². The SMILES string of the molecule is Cc1ccccc1CC(=O)N(Cc1ccco1)[C@@H]1CCS(=O)(=O)C1. The summed E-state index contributed by atoms with van der Waals surface area (Å²) in [5, 5.41) is 0. The smallest absolute Gasteiger partial charge is 0.227 e. The number of benzene rings is 1. The average Bonchev–Trinajstić information content (AvgIpc) is 3.16. The molecule has 6 heteroatoms. The first kappa shape index (κ1) is 16.8. The van der Waals surface area contributed by atoms with Crippen molar-refractivity contribution < 1.29 is 17.6 Å². The van der Waals surface area contributed by atoms with E-state index in [1.165, 1.54) is 0 Å². The lowest BCUT2D eigenvalue weighted by atomic mass is 10.0. The average molecular weight is 347 g/mol. The number of amides is 1. The second-order valence-corrected chi connectivity index (χ2v) is 8.49. The van der Waals surface area contributed by atoms with Crippen LogP contribution in [0, 0.1) is 6.92 Å². The van der Waals surface area contributed by atoms with Gasteiger partial charge in [-0.3, -0.25) is 4.79 Å². The van der Waals surface area contributed by atoms with Crippen LogP contribution in [-0.4, -0.2) is 36.8 Å². The fraction of sp³-hybridized carbons (Fsp3) is 0.389. The Bertz CT molecular complexity index is 811. The maximum absolute atomic E-state index is 12.9. The van der Waals surface area contributed by atoms with Crippen LogP contribution in [0.2, 0.25) is 0 Å². The molecule has 0 unspecified atom stereocenters. The van der Waals surface area contributed by atoms with Crippen LogP contribution in [0.1, 0.15) is 23.3 Å². The Hall–Kier alpha value is -2.08. The molecule has 0 N–H and O–H groups in total. The van der Waals surface area contributed by atoms with Gasteiger partial charge in [0.25, 0.3) is 0 Å². The van der Waals surface area contributed by atoms with Crippen molar-refractivity contribution in [1.82, 2.24) is 4.90 Å². The molecule has 1 aliphatic rings. The van der Waals surface area contributed by atoms with Gasteiger partial charge >= 0.3 is 0 Å². The number of hydrogen-bond acceptors (Lipinski definition) is 4. The van der Waals surface area contributed by atoms with Gasteiger partial charge < -0.3 is 9.32 Å². The van der Waals surface area contributed by atoms with Crippen molar-refractivity contribution in [2.75, 3.05) is 11.5 Å². The minimum Gasteiger partial charge on any atom is -0.467 e. The van der Waals surface area contributed by atoms with E-state index in [-0.39, 0.29) is 29.9 Å². The molecule has 2 heterocycles. The van der Waals surface area contributed by atoms with Crippen molar-refractivity contribution in [3.05, 3.63) is 59.5 Å². The lowest BCUT2D eigenvalue weighted by Crippen LogP contribution is -2.41. The zero-order valence-electron chi connectivity index (χ0n) is 13.6. The summed E-state index contributed by atoms with van der Waals surface area (Å²) < 4.78 is 29.0. The van der Waals surface area contributed by atoms with E-state index in [0.717, 1.165) is 11.1 Å². The first-order valence-corrected chi connectivity index (χ1v) is 9.83. The van der Waals surface area contributed by atoms with Gasteiger partial charge in [0.1, 0.15) is 5.76 Å². The predicted octanol–water partition coefficient (Wildman–Crippen LogP) is 2.35. The van der Waals surface area contributed by atoms with Crippen molar-refractivity contribution in [1.29, 1.82) is 0 Å². The molecule has 0 radical (unpaired) electrons. The van der Waals surface area contributed by atoms with Gasteiger partial charge in [-0.1, -0.05) is 24.3 Å². The molecule has 1 atom stereocenters. The Morgan fingerprint density at radius 3 is 2.67 bits per heavy atom. The summed E-state index contributed by atoms with van der Waals surface area (Å²) in [7, 11) is -3.06. The first-order valence-electron chi connectivity index (χ1n) is 8.01. The summed E-state index contributed by atoms with van der Waals surface area (Å²) in [4.78, 5) is 14.5. The molecule has 24 heavy (non-hydrogen) atoms. The molecule has 128 valence electrons. The van der Waals surface area contributed by atoms with Crippen LogP contribution in [-0.2, 0) is 27.6 Å². The van der Waals surface area contributed by atoms with Gasteiger partial charge in [0.15, 0.2) is 9.84 Å². The first-order chi connectivity index (χ1) is 11.4. The Labute approximate surface area is 142 Å². The van der Waals surface area contributed by atoms with Crippen molar-refractivity contribution in [2.24, 2.45) is 0 Å². The van der Waals surface area contributed by atoms with Crippen LogP contribution >= 0.6 is 0 Å². The normalized spacial score (nSPS) is 19.3. The number of sulfone groups is 1. The second kappa shape index (κ2) is 6.81. The quantitative estimate of drug-likeness (QED) is 0.833. The van der Waals surface area contributed by atoms with Gasteiger partial charge in [-0.15, -0.1) is 0 Å². The molecule has 0 aliphatic carbocycles. The minimum absolute atomic E-state index is 0.0349. The zero-order valence-corrected chi connectivity index (χ0v) is 14.5. The van der Waals surface area contributed by atoms with Gasteiger partial charge in [-0.05, 0) is 36.6 Å². The van der Waals surface area contributed by atoms with Crippen molar-refractivity contribution in [2.45, 2.75) is 32.4 Å². The monoisotopic (exact) mass is 347 g/mol. The van der Waals surface area contributed by atoms with Gasteiger partial charge in [0.2, 0.25) is 5.91 Å². The van der Waals surface area contributed by atoms with Crippen LogP contribution in [0.25, 0.3) is 0 Å². The van der Waals surface area contributed by atoms with E-state index in [4.69, 9.17) is 4.42 Å². The molecule has 0 saturated carbocycles. The zero-order chi connectivity index (χ0) is 17.2. The van der Waals surface area contributed by atoms with E-state index >= 15 is 0 Å². The molecule has 1 saturated heterocycles. The third kappa shape index (κ3) is 3.87. The van der Waals surface area contributed by atoms with Gasteiger partial charge in [0.05, 0.1) is 30.7 Å². The van der Waals surface area contributed by atoms with E-state index in [1.54, 1.807) is 23.3 Å². The summed E-state index contributed by atoms with van der Waals surface area (Å²) in [6, 6.07) is 11.0. The summed E-state index contributed by atoms with van der Waals surface area (Å²) >= 11 is 0. The molecule has 1 aliphatic heterocycles. The fourth-order valence-corrected chi connectivity index (χ4v) is 4.82. The topological polar surface area (TPSA) is 67.6 Å². The van der Waals surface area contributed by atoms with Gasteiger partial charge in [-0.25, -0.2) is 8.42 Å². The lowest BCUT2D eigenvalue weighted by Gasteiger charge is -2.28. The molecule has 0 spiro atoms. The van der Waals surface area contributed by atoms with Crippen molar-refractivity contribution >= 4 is 15.7 Å². The largest absolute Gasteiger partial charge is 0.467 e. The molecular weight excluding hydrogens is 326 g/mol. The Kier molecular flexibility index (Phi) is 4.76. The lowest BCUT2D eigenvalue weighted by molar-refractivity contribution is -0.133. The number of hydrogen-bond donors (Lipinski definition) is 0. The molecule has 1 aromatic carbocycles. The number of carbonyl (C=O) groups is 1. The number of furan rings is 1. The molecule has 1 fully saturated rings. The molecule has 0 bridgehead atoms. The molecule has 1 amide bonds. The van der Waals surface area contributed by atoms with Crippen molar-refractivity contribution in [3.63, 3.8) is 0 Å². The van der Waals surface area contributed by atoms with Crippen LogP contribution in [0.3, 0.4) is 0 Å². The highest BCUT2D eigenvalue weighted by Crippen LogP contribution is 2.22. The third-order valence-corrected chi connectivity index (χ3v) is 6.23. The molecule has 1 aromatic heterocycles. The Morgan fingerprint density at radius 1 is 1.25 bits per heavy atom. The van der Waals surface area contributed by atoms with Gasteiger partial charge in [0, 0.05) is 6.04 Å². The summed E-state index contributed by atoms with van der Waals surface area (Å²) in [6.45, 7) is 2.28. The van der Waals surface area contributed by atoms with Crippen LogP contribution < -0.4 is 0 Å². The molecule has 5 nitrogen and oxygen atoms in total. The highest BCUT2D eigenvalue weighted by Gasteiger charge is 2.35.